The lowest BCUT2D eigenvalue weighted by molar-refractivity contribution is 0.439. The third kappa shape index (κ3) is 1.72. The monoisotopic (exact) mass is 169 g/mol. The fraction of sp³-hybridized carbons (Fsp3) is 0.444. The van der Waals surface area contributed by atoms with E-state index in [-0.39, 0.29) is 12.1 Å². The van der Waals surface area contributed by atoms with Crippen LogP contribution in [-0.4, -0.2) is 11.2 Å². The molecule has 1 aromatic rings. The van der Waals surface area contributed by atoms with Gasteiger partial charge in [0.1, 0.15) is 6.67 Å². The minimum Gasteiger partial charge on any atom is -0.313 e. The van der Waals surface area contributed by atoms with Gasteiger partial charge in [-0.1, -0.05) is 13.0 Å². The maximum Gasteiger partial charge on any atom is 0.253 e. The number of aromatic nitrogens is 1. The van der Waals surface area contributed by atoms with Crippen LogP contribution in [0, 0.1) is 0 Å². The van der Waals surface area contributed by atoms with E-state index in [0.717, 1.165) is 5.56 Å². The van der Waals surface area contributed by atoms with E-state index in [9.17, 15) is 9.18 Å². The van der Waals surface area contributed by atoms with E-state index in [1.807, 2.05) is 6.92 Å². The fourth-order valence-corrected chi connectivity index (χ4v) is 1.12. The van der Waals surface area contributed by atoms with Crippen LogP contribution < -0.4 is 5.56 Å². The van der Waals surface area contributed by atoms with Crippen LogP contribution in [0.5, 0.6) is 0 Å². The Morgan fingerprint density at radius 3 is 2.92 bits per heavy atom. The van der Waals surface area contributed by atoms with Gasteiger partial charge in [-0.3, -0.25) is 4.79 Å². The lowest BCUT2D eigenvalue weighted by atomic mass is 10.2. The minimum absolute atomic E-state index is 0.0716. The van der Waals surface area contributed by atoms with Gasteiger partial charge >= 0.3 is 0 Å². The van der Waals surface area contributed by atoms with Gasteiger partial charge in [-0.15, -0.1) is 0 Å². The number of halogens is 1. The first-order valence-electron chi connectivity index (χ1n) is 4.04. The Morgan fingerprint density at radius 2 is 2.33 bits per heavy atom. The Morgan fingerprint density at radius 1 is 1.58 bits per heavy atom. The summed E-state index contributed by atoms with van der Waals surface area (Å²) in [6.07, 6.45) is 2.31. The maximum absolute atomic E-state index is 11.9. The Bertz CT molecular complexity index is 306. The van der Waals surface area contributed by atoms with Gasteiger partial charge in [0.2, 0.25) is 0 Å². The van der Waals surface area contributed by atoms with E-state index in [0.29, 0.717) is 6.42 Å². The summed E-state index contributed by atoms with van der Waals surface area (Å²) in [5.74, 6) is 0. The number of hydrogen-bond donors (Lipinski definition) is 0. The summed E-state index contributed by atoms with van der Waals surface area (Å²) in [5.41, 5.74) is 0.670. The van der Waals surface area contributed by atoms with Gasteiger partial charge in [0, 0.05) is 11.8 Å². The highest BCUT2D eigenvalue weighted by Gasteiger charge is 1.99. The van der Waals surface area contributed by atoms with Gasteiger partial charge < -0.3 is 4.57 Å². The molecule has 66 valence electrons. The second-order valence-corrected chi connectivity index (χ2v) is 2.57. The second kappa shape index (κ2) is 4.04. The van der Waals surface area contributed by atoms with Crippen LogP contribution in [0.1, 0.15) is 12.5 Å². The first kappa shape index (κ1) is 8.97. The molecule has 0 aliphatic carbocycles. The summed E-state index contributed by atoms with van der Waals surface area (Å²) in [7, 11) is 0. The van der Waals surface area contributed by atoms with Crippen molar-refractivity contribution >= 4 is 0 Å². The molecule has 0 unspecified atom stereocenters. The number of nitrogens with zero attached hydrogens (tertiary/aromatic N) is 1. The molecule has 0 amide bonds. The van der Waals surface area contributed by atoms with Crippen LogP contribution in [0.3, 0.4) is 0 Å². The quantitative estimate of drug-likeness (QED) is 0.670. The summed E-state index contributed by atoms with van der Waals surface area (Å²) in [6.45, 7) is 1.58. The van der Waals surface area contributed by atoms with Gasteiger partial charge in [-0.25, -0.2) is 4.39 Å². The zero-order valence-corrected chi connectivity index (χ0v) is 7.09. The summed E-state index contributed by atoms with van der Waals surface area (Å²) in [4.78, 5) is 11.4. The maximum atomic E-state index is 11.9. The van der Waals surface area contributed by atoms with E-state index >= 15 is 0 Å². The summed E-state index contributed by atoms with van der Waals surface area (Å²) in [5, 5.41) is 0. The molecular weight excluding hydrogens is 157 g/mol. The molecule has 0 atom stereocenters. The van der Waals surface area contributed by atoms with Crippen molar-refractivity contribution in [3.05, 3.63) is 34.2 Å². The average molecular weight is 169 g/mol. The van der Waals surface area contributed by atoms with Gasteiger partial charge in [-0.2, -0.15) is 0 Å². The zero-order valence-electron chi connectivity index (χ0n) is 7.09. The van der Waals surface area contributed by atoms with Crippen molar-refractivity contribution < 1.29 is 4.39 Å². The standard InChI is InChI=1S/C9H12FNO/c1-2-8-4-3-6-11(7-5-10)9(8)12/h3-4,6H,2,5,7H2,1H3. The summed E-state index contributed by atoms with van der Waals surface area (Å²) in [6, 6.07) is 3.55. The van der Waals surface area contributed by atoms with Crippen molar-refractivity contribution in [2.24, 2.45) is 0 Å². The Kier molecular flexibility index (Phi) is 3.02. The molecule has 0 aliphatic rings. The van der Waals surface area contributed by atoms with Gasteiger partial charge in [0.05, 0.1) is 6.54 Å². The highest BCUT2D eigenvalue weighted by atomic mass is 19.1. The second-order valence-electron chi connectivity index (χ2n) is 2.57. The summed E-state index contributed by atoms with van der Waals surface area (Å²) >= 11 is 0. The van der Waals surface area contributed by atoms with Crippen LogP contribution in [0.2, 0.25) is 0 Å². The van der Waals surface area contributed by atoms with Crippen LogP contribution in [0.25, 0.3) is 0 Å². The van der Waals surface area contributed by atoms with E-state index in [2.05, 4.69) is 0 Å². The number of aryl methyl sites for hydroxylation is 2. The lowest BCUT2D eigenvalue weighted by Gasteiger charge is -2.03. The number of hydrogen-bond acceptors (Lipinski definition) is 1. The lowest BCUT2D eigenvalue weighted by Crippen LogP contribution is -2.23. The molecule has 1 heterocycles. The normalized spacial score (nSPS) is 10.2. The molecule has 0 saturated heterocycles. The number of rotatable bonds is 3. The van der Waals surface area contributed by atoms with E-state index < -0.39 is 6.67 Å². The molecule has 0 radical (unpaired) electrons. The highest BCUT2D eigenvalue weighted by molar-refractivity contribution is 5.09. The third-order valence-electron chi connectivity index (χ3n) is 1.81. The topological polar surface area (TPSA) is 22.0 Å². The molecule has 0 spiro atoms. The van der Waals surface area contributed by atoms with Crippen LogP contribution in [0.4, 0.5) is 4.39 Å². The molecule has 0 N–H and O–H groups in total. The van der Waals surface area contributed by atoms with Crippen LogP contribution in [0.15, 0.2) is 23.1 Å². The first-order valence-corrected chi connectivity index (χ1v) is 4.04. The molecule has 0 bridgehead atoms. The predicted molar refractivity (Wildman–Crippen MR) is 46.1 cm³/mol. The number of alkyl halides is 1. The molecular formula is C9H12FNO. The first-order chi connectivity index (χ1) is 5.79. The minimum atomic E-state index is -0.493. The van der Waals surface area contributed by atoms with E-state index in [4.69, 9.17) is 0 Å². The molecule has 2 nitrogen and oxygen atoms in total. The van der Waals surface area contributed by atoms with Crippen molar-refractivity contribution in [2.45, 2.75) is 19.9 Å². The van der Waals surface area contributed by atoms with Gasteiger partial charge in [-0.05, 0) is 12.5 Å². The van der Waals surface area contributed by atoms with Gasteiger partial charge in [0.15, 0.2) is 0 Å². The SMILES string of the molecule is CCc1cccn(CCF)c1=O. The molecule has 12 heavy (non-hydrogen) atoms. The van der Waals surface area contributed by atoms with Crippen molar-refractivity contribution in [1.29, 1.82) is 0 Å². The van der Waals surface area contributed by atoms with Crippen molar-refractivity contribution in [1.82, 2.24) is 4.57 Å². The molecule has 0 aliphatic heterocycles. The molecule has 1 aromatic heterocycles. The Balaban J connectivity index is 3.06. The van der Waals surface area contributed by atoms with Crippen LogP contribution in [-0.2, 0) is 13.0 Å². The molecule has 0 aromatic carbocycles. The van der Waals surface area contributed by atoms with Gasteiger partial charge in [0.25, 0.3) is 5.56 Å². The largest absolute Gasteiger partial charge is 0.313 e. The zero-order chi connectivity index (χ0) is 8.97. The molecule has 0 saturated carbocycles. The Hall–Kier alpha value is -1.12. The van der Waals surface area contributed by atoms with E-state index in [1.165, 1.54) is 4.57 Å². The molecule has 1 rings (SSSR count). The smallest absolute Gasteiger partial charge is 0.253 e. The van der Waals surface area contributed by atoms with Crippen molar-refractivity contribution in [3.63, 3.8) is 0 Å². The molecule has 0 fully saturated rings. The molecule has 3 heteroatoms. The fourth-order valence-electron chi connectivity index (χ4n) is 1.12. The van der Waals surface area contributed by atoms with Crippen molar-refractivity contribution in [3.8, 4) is 0 Å². The Labute approximate surface area is 70.6 Å². The predicted octanol–water partition coefficient (Wildman–Crippen LogP) is 1.38. The van der Waals surface area contributed by atoms with E-state index in [1.54, 1.807) is 18.3 Å². The van der Waals surface area contributed by atoms with Crippen LogP contribution >= 0.6 is 0 Å². The average Bonchev–Trinajstić information content (AvgIpc) is 2.09. The number of pyridine rings is 1. The highest BCUT2D eigenvalue weighted by Crippen LogP contribution is 1.92. The third-order valence-corrected chi connectivity index (χ3v) is 1.81. The van der Waals surface area contributed by atoms with Crippen molar-refractivity contribution in [2.75, 3.05) is 6.67 Å². The summed E-state index contributed by atoms with van der Waals surface area (Å²) < 4.78 is 13.3.